The highest BCUT2D eigenvalue weighted by atomic mass is 19.1. The summed E-state index contributed by atoms with van der Waals surface area (Å²) >= 11 is 0. The van der Waals surface area contributed by atoms with Gasteiger partial charge in [-0.2, -0.15) is 5.10 Å². The molecule has 0 spiro atoms. The molecule has 7 nitrogen and oxygen atoms in total. The second-order valence-electron chi connectivity index (χ2n) is 8.33. The van der Waals surface area contributed by atoms with E-state index in [-0.39, 0.29) is 23.6 Å². The summed E-state index contributed by atoms with van der Waals surface area (Å²) in [5.74, 6) is -0.523. The van der Waals surface area contributed by atoms with Crippen molar-refractivity contribution in [1.82, 2.24) is 29.4 Å². The SMILES string of the molecule is Cc1nn(-c2ccc(F)cc2F)c(C)c1C(=O)N1CCCC(c2nncn2C(C)C)C1. The molecule has 1 aliphatic heterocycles. The molecule has 164 valence electrons. The van der Waals surface area contributed by atoms with E-state index in [4.69, 9.17) is 0 Å². The number of aromatic nitrogens is 5. The van der Waals surface area contributed by atoms with Gasteiger partial charge in [0.15, 0.2) is 5.82 Å². The first kappa shape index (κ1) is 21.1. The molecular formula is C22H26F2N6O. The minimum Gasteiger partial charge on any atom is -0.338 e. The number of carbonyl (C=O) groups excluding carboxylic acids is 1. The van der Waals surface area contributed by atoms with E-state index in [1.165, 1.54) is 16.8 Å². The van der Waals surface area contributed by atoms with Gasteiger partial charge in [0, 0.05) is 31.1 Å². The predicted molar refractivity (Wildman–Crippen MR) is 111 cm³/mol. The van der Waals surface area contributed by atoms with Crippen LogP contribution < -0.4 is 0 Å². The van der Waals surface area contributed by atoms with Gasteiger partial charge in [-0.05, 0) is 52.7 Å². The third-order valence-electron chi connectivity index (χ3n) is 5.87. The highest BCUT2D eigenvalue weighted by molar-refractivity contribution is 5.96. The van der Waals surface area contributed by atoms with Crippen molar-refractivity contribution in [1.29, 1.82) is 0 Å². The van der Waals surface area contributed by atoms with Gasteiger partial charge in [0.25, 0.3) is 5.91 Å². The molecule has 9 heteroatoms. The molecule has 0 saturated carbocycles. The fraction of sp³-hybridized carbons (Fsp3) is 0.455. The third kappa shape index (κ3) is 3.84. The third-order valence-corrected chi connectivity index (χ3v) is 5.87. The Kier molecular flexibility index (Phi) is 5.60. The number of halogens is 2. The van der Waals surface area contributed by atoms with Crippen molar-refractivity contribution in [2.45, 2.75) is 52.5 Å². The van der Waals surface area contributed by atoms with Crippen LogP contribution in [0.2, 0.25) is 0 Å². The number of amides is 1. The maximum absolute atomic E-state index is 14.3. The van der Waals surface area contributed by atoms with Crippen molar-refractivity contribution in [2.75, 3.05) is 13.1 Å². The van der Waals surface area contributed by atoms with Crippen LogP contribution in [-0.4, -0.2) is 48.4 Å². The van der Waals surface area contributed by atoms with Gasteiger partial charge in [-0.15, -0.1) is 10.2 Å². The number of carbonyl (C=O) groups is 1. The molecule has 3 aromatic rings. The van der Waals surface area contributed by atoms with Gasteiger partial charge < -0.3 is 9.47 Å². The van der Waals surface area contributed by atoms with Gasteiger partial charge in [0.1, 0.15) is 23.7 Å². The van der Waals surface area contributed by atoms with Crippen LogP contribution in [0.5, 0.6) is 0 Å². The molecular weight excluding hydrogens is 402 g/mol. The second-order valence-corrected chi connectivity index (χ2v) is 8.33. The first-order valence-corrected chi connectivity index (χ1v) is 10.5. The molecule has 0 bridgehead atoms. The van der Waals surface area contributed by atoms with Crippen LogP contribution >= 0.6 is 0 Å². The molecule has 3 heterocycles. The van der Waals surface area contributed by atoms with Crippen molar-refractivity contribution >= 4 is 5.91 Å². The molecule has 2 aromatic heterocycles. The molecule has 1 amide bonds. The molecule has 1 atom stereocenters. The smallest absolute Gasteiger partial charge is 0.257 e. The van der Waals surface area contributed by atoms with E-state index in [1.54, 1.807) is 20.2 Å². The summed E-state index contributed by atoms with van der Waals surface area (Å²) in [6, 6.07) is 3.56. The molecule has 0 N–H and O–H groups in total. The van der Waals surface area contributed by atoms with E-state index >= 15 is 0 Å². The van der Waals surface area contributed by atoms with E-state index < -0.39 is 11.6 Å². The number of hydrogen-bond donors (Lipinski definition) is 0. The molecule has 4 rings (SSSR count). The van der Waals surface area contributed by atoms with E-state index in [9.17, 15) is 13.6 Å². The van der Waals surface area contributed by atoms with Crippen LogP contribution in [-0.2, 0) is 0 Å². The molecule has 1 unspecified atom stereocenters. The fourth-order valence-electron chi connectivity index (χ4n) is 4.31. The van der Waals surface area contributed by atoms with Gasteiger partial charge in [0.2, 0.25) is 0 Å². The number of piperidine rings is 1. The van der Waals surface area contributed by atoms with Crippen LogP contribution in [0.3, 0.4) is 0 Å². The number of nitrogens with zero attached hydrogens (tertiary/aromatic N) is 6. The Morgan fingerprint density at radius 2 is 2.00 bits per heavy atom. The summed E-state index contributed by atoms with van der Waals surface area (Å²) in [7, 11) is 0. The van der Waals surface area contributed by atoms with Gasteiger partial charge in [-0.1, -0.05) is 0 Å². The van der Waals surface area contributed by atoms with E-state index in [0.717, 1.165) is 24.7 Å². The zero-order valence-electron chi connectivity index (χ0n) is 18.1. The monoisotopic (exact) mass is 428 g/mol. The minimum absolute atomic E-state index is 0.104. The molecule has 0 aliphatic carbocycles. The van der Waals surface area contributed by atoms with E-state index in [1.807, 2.05) is 9.47 Å². The average Bonchev–Trinajstić information content (AvgIpc) is 3.33. The van der Waals surface area contributed by atoms with Crippen LogP contribution in [0.1, 0.15) is 66.2 Å². The van der Waals surface area contributed by atoms with Crippen molar-refractivity contribution < 1.29 is 13.6 Å². The van der Waals surface area contributed by atoms with Crippen LogP contribution in [0.25, 0.3) is 5.69 Å². The van der Waals surface area contributed by atoms with E-state index in [0.29, 0.717) is 30.0 Å². The lowest BCUT2D eigenvalue weighted by Crippen LogP contribution is -2.40. The molecule has 0 radical (unpaired) electrons. The summed E-state index contributed by atoms with van der Waals surface area (Å²) < 4.78 is 31.0. The van der Waals surface area contributed by atoms with Crippen molar-refractivity contribution in [2.24, 2.45) is 0 Å². The Hall–Kier alpha value is -3.10. The van der Waals surface area contributed by atoms with Gasteiger partial charge >= 0.3 is 0 Å². The molecule has 1 aliphatic rings. The normalized spacial score (nSPS) is 16.9. The number of rotatable bonds is 4. The molecule has 31 heavy (non-hydrogen) atoms. The van der Waals surface area contributed by atoms with Gasteiger partial charge in [0.05, 0.1) is 17.0 Å². The Morgan fingerprint density at radius 1 is 1.23 bits per heavy atom. The Balaban J connectivity index is 1.62. The zero-order valence-corrected chi connectivity index (χ0v) is 18.1. The second kappa shape index (κ2) is 8.20. The predicted octanol–water partition coefficient (Wildman–Crippen LogP) is 3.96. The lowest BCUT2D eigenvalue weighted by molar-refractivity contribution is 0.0701. The minimum atomic E-state index is -0.726. The average molecular weight is 428 g/mol. The molecule has 1 fully saturated rings. The number of likely N-dealkylation sites (tertiary alicyclic amines) is 1. The lowest BCUT2D eigenvalue weighted by Gasteiger charge is -2.33. The van der Waals surface area contributed by atoms with Crippen molar-refractivity contribution in [3.63, 3.8) is 0 Å². The summed E-state index contributed by atoms with van der Waals surface area (Å²) in [5.41, 5.74) is 1.61. The zero-order chi connectivity index (χ0) is 22.3. The summed E-state index contributed by atoms with van der Waals surface area (Å²) in [6.45, 7) is 8.80. The van der Waals surface area contributed by atoms with Crippen LogP contribution in [0, 0.1) is 25.5 Å². The largest absolute Gasteiger partial charge is 0.338 e. The molecule has 1 saturated heterocycles. The number of benzene rings is 1. The Morgan fingerprint density at radius 3 is 2.71 bits per heavy atom. The first-order valence-electron chi connectivity index (χ1n) is 10.5. The van der Waals surface area contributed by atoms with Gasteiger partial charge in [-0.25, -0.2) is 13.5 Å². The summed E-state index contributed by atoms with van der Waals surface area (Å²) in [4.78, 5) is 15.3. The maximum Gasteiger partial charge on any atom is 0.257 e. The number of hydrogen-bond acceptors (Lipinski definition) is 4. The topological polar surface area (TPSA) is 68.8 Å². The summed E-state index contributed by atoms with van der Waals surface area (Å²) in [5, 5.41) is 12.7. The fourth-order valence-corrected chi connectivity index (χ4v) is 4.31. The van der Waals surface area contributed by atoms with Crippen molar-refractivity contribution in [3.05, 3.63) is 58.9 Å². The quantitative estimate of drug-likeness (QED) is 0.631. The molecule has 1 aromatic carbocycles. The van der Waals surface area contributed by atoms with Crippen LogP contribution in [0.15, 0.2) is 24.5 Å². The number of aryl methyl sites for hydroxylation is 1. The summed E-state index contributed by atoms with van der Waals surface area (Å²) in [6.07, 6.45) is 3.53. The Labute approximate surface area is 179 Å². The first-order chi connectivity index (χ1) is 14.8. The highest BCUT2D eigenvalue weighted by Gasteiger charge is 2.31. The van der Waals surface area contributed by atoms with Crippen LogP contribution in [0.4, 0.5) is 8.78 Å². The lowest BCUT2D eigenvalue weighted by atomic mass is 9.96. The standard InChI is InChI=1S/C22H26F2N6O/c1-13(2)29-12-25-26-21(29)16-6-5-9-28(11-16)22(31)20-14(3)27-30(15(20)4)19-8-7-17(23)10-18(19)24/h7-8,10,12-13,16H,5-6,9,11H2,1-4H3. The van der Waals surface area contributed by atoms with E-state index in [2.05, 4.69) is 29.1 Å². The maximum atomic E-state index is 14.3. The highest BCUT2D eigenvalue weighted by Crippen LogP contribution is 2.29. The van der Waals surface area contributed by atoms with Crippen molar-refractivity contribution in [3.8, 4) is 5.69 Å². The van der Waals surface area contributed by atoms with Gasteiger partial charge in [-0.3, -0.25) is 4.79 Å². The Bertz CT molecular complexity index is 1120.